The molecule has 0 aliphatic carbocycles. The number of nitrogens with zero attached hydrogens (tertiary/aromatic N) is 1. The number of aryl methyl sites for hydroxylation is 1. The summed E-state index contributed by atoms with van der Waals surface area (Å²) in [6, 6.07) is 8.49. The summed E-state index contributed by atoms with van der Waals surface area (Å²) in [6.07, 6.45) is 1.98. The van der Waals surface area contributed by atoms with Crippen LogP contribution in [0.5, 0.6) is 0 Å². The Kier molecular flexibility index (Phi) is 4.15. The Labute approximate surface area is 112 Å². The van der Waals surface area contributed by atoms with E-state index >= 15 is 0 Å². The summed E-state index contributed by atoms with van der Waals surface area (Å²) in [6.45, 7) is 6.33. The number of rotatable bonds is 4. The second kappa shape index (κ2) is 5.63. The summed E-state index contributed by atoms with van der Waals surface area (Å²) in [7, 11) is 0. The molecule has 0 amide bonds. The lowest BCUT2D eigenvalue weighted by Crippen LogP contribution is -2.00. The first-order valence-corrected chi connectivity index (χ1v) is 7.07. The second-order valence-corrected chi connectivity index (χ2v) is 6.16. The smallest absolute Gasteiger partial charge is 0.0938 e. The van der Waals surface area contributed by atoms with E-state index in [2.05, 4.69) is 43.1 Å². The van der Waals surface area contributed by atoms with E-state index < -0.39 is 6.10 Å². The quantitative estimate of drug-likeness (QED) is 0.906. The Balaban J connectivity index is 2.05. The Hall–Kier alpha value is -1.19. The maximum Gasteiger partial charge on any atom is 0.0938 e. The van der Waals surface area contributed by atoms with Crippen LogP contribution in [0.2, 0.25) is 0 Å². The third-order valence-electron chi connectivity index (χ3n) is 3.04. The van der Waals surface area contributed by atoms with Gasteiger partial charge in [0.2, 0.25) is 0 Å². The van der Waals surface area contributed by atoms with E-state index in [4.69, 9.17) is 0 Å². The van der Waals surface area contributed by atoms with Gasteiger partial charge < -0.3 is 5.11 Å². The number of thiazole rings is 1. The first-order chi connectivity index (χ1) is 8.56. The van der Waals surface area contributed by atoms with Crippen molar-refractivity contribution in [1.29, 1.82) is 0 Å². The van der Waals surface area contributed by atoms with Crippen molar-refractivity contribution < 1.29 is 5.11 Å². The highest BCUT2D eigenvalue weighted by atomic mass is 32.1. The molecule has 0 radical (unpaired) electrons. The van der Waals surface area contributed by atoms with E-state index in [0.29, 0.717) is 12.3 Å². The third-order valence-corrected chi connectivity index (χ3v) is 4.06. The van der Waals surface area contributed by atoms with Gasteiger partial charge in [-0.05, 0) is 24.0 Å². The lowest BCUT2D eigenvalue weighted by atomic mass is 9.99. The number of aliphatic hydroxyl groups excluding tert-OH is 1. The number of aromatic nitrogens is 1. The fourth-order valence-electron chi connectivity index (χ4n) is 1.89. The first-order valence-electron chi connectivity index (χ1n) is 6.25. The van der Waals surface area contributed by atoms with Gasteiger partial charge in [-0.3, -0.25) is 0 Å². The largest absolute Gasteiger partial charge is 0.387 e. The minimum atomic E-state index is -0.443. The first kappa shape index (κ1) is 13.2. The van der Waals surface area contributed by atoms with E-state index in [-0.39, 0.29) is 0 Å². The average Bonchev–Trinajstić information content (AvgIpc) is 2.76. The van der Waals surface area contributed by atoms with Crippen molar-refractivity contribution in [1.82, 2.24) is 4.98 Å². The van der Waals surface area contributed by atoms with E-state index in [1.807, 2.05) is 6.92 Å². The van der Waals surface area contributed by atoms with Gasteiger partial charge in [-0.25, -0.2) is 4.98 Å². The van der Waals surface area contributed by atoms with Crippen molar-refractivity contribution in [2.75, 3.05) is 0 Å². The van der Waals surface area contributed by atoms with Crippen LogP contribution in [-0.4, -0.2) is 10.1 Å². The fourth-order valence-corrected chi connectivity index (χ4v) is 2.67. The molecule has 0 fully saturated rings. The lowest BCUT2D eigenvalue weighted by Gasteiger charge is -2.10. The van der Waals surface area contributed by atoms with Crippen LogP contribution < -0.4 is 0 Å². The minimum absolute atomic E-state index is 0.443. The van der Waals surface area contributed by atoms with Gasteiger partial charge in [0.25, 0.3) is 0 Å². The summed E-state index contributed by atoms with van der Waals surface area (Å²) in [5, 5.41) is 11.1. The van der Waals surface area contributed by atoms with Gasteiger partial charge in [0.1, 0.15) is 0 Å². The predicted octanol–water partition coefficient (Wildman–Crippen LogP) is 3.85. The van der Waals surface area contributed by atoms with Crippen LogP contribution in [0.1, 0.15) is 46.9 Å². The number of hydrogen-bond donors (Lipinski definition) is 1. The van der Waals surface area contributed by atoms with Crippen LogP contribution in [0.4, 0.5) is 0 Å². The van der Waals surface area contributed by atoms with Crippen LogP contribution >= 0.6 is 11.3 Å². The van der Waals surface area contributed by atoms with Crippen LogP contribution in [0.3, 0.4) is 0 Å². The minimum Gasteiger partial charge on any atom is -0.387 e. The molecular weight excluding hydrogens is 242 g/mol. The molecule has 0 saturated carbocycles. The predicted molar refractivity (Wildman–Crippen MR) is 76.0 cm³/mol. The van der Waals surface area contributed by atoms with Gasteiger partial charge >= 0.3 is 0 Å². The van der Waals surface area contributed by atoms with Gasteiger partial charge in [-0.15, -0.1) is 11.3 Å². The molecule has 0 aliphatic rings. The van der Waals surface area contributed by atoms with E-state index in [1.165, 1.54) is 5.56 Å². The van der Waals surface area contributed by atoms with Crippen molar-refractivity contribution in [3.8, 4) is 0 Å². The molecule has 0 aliphatic heterocycles. The summed E-state index contributed by atoms with van der Waals surface area (Å²) >= 11 is 1.56. The number of hydrogen-bond acceptors (Lipinski definition) is 3. The molecule has 0 spiro atoms. The summed E-state index contributed by atoms with van der Waals surface area (Å²) in [5.74, 6) is 0.549. The van der Waals surface area contributed by atoms with E-state index in [9.17, 15) is 5.11 Å². The second-order valence-electron chi connectivity index (χ2n) is 4.90. The molecule has 3 heteroatoms. The van der Waals surface area contributed by atoms with Crippen LogP contribution in [0.15, 0.2) is 30.5 Å². The van der Waals surface area contributed by atoms with Crippen molar-refractivity contribution >= 4 is 11.3 Å². The zero-order chi connectivity index (χ0) is 13.1. The summed E-state index contributed by atoms with van der Waals surface area (Å²) in [4.78, 5) is 5.12. The van der Waals surface area contributed by atoms with E-state index in [1.54, 1.807) is 17.5 Å². The molecule has 0 bridgehead atoms. The average molecular weight is 261 g/mol. The van der Waals surface area contributed by atoms with Gasteiger partial charge in [0.15, 0.2) is 0 Å². The molecule has 1 heterocycles. The van der Waals surface area contributed by atoms with Gasteiger partial charge in [0, 0.05) is 12.6 Å². The zero-order valence-corrected chi connectivity index (χ0v) is 11.9. The van der Waals surface area contributed by atoms with Gasteiger partial charge in [-0.2, -0.15) is 0 Å². The molecule has 1 aromatic heterocycles. The fraction of sp³-hybridized carbons (Fsp3) is 0.400. The summed E-state index contributed by atoms with van der Waals surface area (Å²) in [5.41, 5.74) is 2.50. The van der Waals surface area contributed by atoms with Crippen LogP contribution in [0, 0.1) is 6.92 Å². The molecule has 2 aromatic rings. The highest BCUT2D eigenvalue weighted by Crippen LogP contribution is 2.24. The monoisotopic (exact) mass is 261 g/mol. The van der Waals surface area contributed by atoms with Gasteiger partial charge in [0.05, 0.1) is 16.0 Å². The lowest BCUT2D eigenvalue weighted by molar-refractivity contribution is 0.182. The maximum absolute atomic E-state index is 10.1. The Bertz CT molecular complexity index is 501. The third kappa shape index (κ3) is 3.18. The molecule has 1 N–H and O–H groups in total. The molecule has 0 saturated heterocycles. The number of benzene rings is 1. The molecule has 1 aromatic carbocycles. The van der Waals surface area contributed by atoms with Gasteiger partial charge in [-0.1, -0.05) is 38.1 Å². The molecule has 2 nitrogen and oxygen atoms in total. The maximum atomic E-state index is 10.1. The number of aliphatic hydroxyl groups is 1. The summed E-state index contributed by atoms with van der Waals surface area (Å²) < 4.78 is 0. The SMILES string of the molecule is Cc1ncc(C(O)Cc2ccc(C(C)C)cc2)s1. The van der Waals surface area contributed by atoms with Crippen LogP contribution in [-0.2, 0) is 6.42 Å². The van der Waals surface area contributed by atoms with Crippen molar-refractivity contribution in [3.63, 3.8) is 0 Å². The topological polar surface area (TPSA) is 33.1 Å². The molecule has 1 atom stereocenters. The van der Waals surface area contributed by atoms with E-state index in [0.717, 1.165) is 15.4 Å². The normalized spacial score (nSPS) is 12.9. The highest BCUT2D eigenvalue weighted by Gasteiger charge is 2.11. The Morgan fingerprint density at radius 3 is 2.39 bits per heavy atom. The standard InChI is InChI=1S/C15H19NOS/c1-10(2)13-6-4-12(5-7-13)8-14(17)15-9-16-11(3)18-15/h4-7,9-10,14,17H,8H2,1-3H3. The van der Waals surface area contributed by atoms with Crippen molar-refractivity contribution in [3.05, 3.63) is 51.5 Å². The molecule has 2 rings (SSSR count). The highest BCUT2D eigenvalue weighted by molar-refractivity contribution is 7.11. The van der Waals surface area contributed by atoms with Crippen molar-refractivity contribution in [2.24, 2.45) is 0 Å². The molecule has 18 heavy (non-hydrogen) atoms. The Morgan fingerprint density at radius 2 is 1.89 bits per heavy atom. The Morgan fingerprint density at radius 1 is 1.22 bits per heavy atom. The van der Waals surface area contributed by atoms with Crippen molar-refractivity contribution in [2.45, 2.75) is 39.2 Å². The zero-order valence-electron chi connectivity index (χ0n) is 11.1. The molecule has 96 valence electrons. The van der Waals surface area contributed by atoms with Crippen LogP contribution in [0.25, 0.3) is 0 Å². The molecular formula is C15H19NOS. The molecule has 1 unspecified atom stereocenters.